The van der Waals surface area contributed by atoms with Crippen molar-refractivity contribution in [3.63, 3.8) is 0 Å². The summed E-state index contributed by atoms with van der Waals surface area (Å²) in [5.74, 6) is 0.319. The topological polar surface area (TPSA) is 78.8 Å². The fourth-order valence-electron chi connectivity index (χ4n) is 3.55. The number of carbonyl (C=O) groups is 1. The number of nitrogens with one attached hydrogen (secondary N) is 2. The molecule has 0 radical (unpaired) electrons. The van der Waals surface area contributed by atoms with E-state index < -0.39 is 0 Å². The number of hydrogen-bond acceptors (Lipinski definition) is 3. The maximum Gasteiger partial charge on any atom is 0.317 e. The maximum absolute atomic E-state index is 12.7. The van der Waals surface area contributed by atoms with Gasteiger partial charge in [-0.2, -0.15) is 10.2 Å². The summed E-state index contributed by atoms with van der Waals surface area (Å²) in [5, 5.41) is 14.5. The minimum atomic E-state index is 0.0196. The van der Waals surface area contributed by atoms with Crippen molar-refractivity contribution in [2.24, 2.45) is 5.92 Å². The van der Waals surface area contributed by atoms with Crippen LogP contribution < -0.4 is 5.32 Å². The van der Waals surface area contributed by atoms with Crippen LogP contribution in [0.4, 0.5) is 4.79 Å². The van der Waals surface area contributed by atoms with Crippen LogP contribution >= 0.6 is 0 Å². The van der Waals surface area contributed by atoms with Crippen LogP contribution in [0, 0.1) is 19.8 Å². The normalized spacial score (nSPS) is 19.0. The van der Waals surface area contributed by atoms with Gasteiger partial charge in [-0.1, -0.05) is 6.92 Å². The zero-order chi connectivity index (χ0) is 17.8. The number of carbonyl (C=O) groups excluding carboxylic acids is 1. The predicted octanol–water partition coefficient (Wildman–Crippen LogP) is 2.80. The molecule has 2 aromatic rings. The largest absolute Gasteiger partial charge is 0.338 e. The molecule has 25 heavy (non-hydrogen) atoms. The summed E-state index contributed by atoms with van der Waals surface area (Å²) in [6.45, 7) is 8.46. The molecule has 7 nitrogen and oxygen atoms in total. The Kier molecular flexibility index (Phi) is 5.40. The van der Waals surface area contributed by atoms with Gasteiger partial charge in [-0.25, -0.2) is 4.79 Å². The zero-order valence-corrected chi connectivity index (χ0v) is 15.3. The molecule has 2 N–H and O–H groups in total. The standard InChI is InChI=1S/C18H28N6O/c1-13(12-24-15(3)8-14(2)22-24)9-19-18(25)23-7-5-4-6-17(23)16-10-20-21-11-16/h8,10-11,13,17H,4-7,9,12H2,1-3H3,(H,19,25)(H,20,21)/t13-,17+/m0/s1. The molecule has 2 atom stereocenters. The number of aryl methyl sites for hydroxylation is 2. The summed E-state index contributed by atoms with van der Waals surface area (Å²) in [6, 6.07) is 2.22. The predicted molar refractivity (Wildman–Crippen MR) is 96.1 cm³/mol. The quantitative estimate of drug-likeness (QED) is 0.875. The molecule has 1 saturated heterocycles. The third-order valence-electron chi connectivity index (χ3n) is 4.86. The van der Waals surface area contributed by atoms with Crippen molar-refractivity contribution in [1.29, 1.82) is 0 Å². The van der Waals surface area contributed by atoms with Gasteiger partial charge in [0.15, 0.2) is 0 Å². The Labute approximate surface area is 148 Å². The van der Waals surface area contributed by atoms with Gasteiger partial charge in [-0.15, -0.1) is 0 Å². The van der Waals surface area contributed by atoms with Crippen LogP contribution in [0.25, 0.3) is 0 Å². The number of urea groups is 1. The van der Waals surface area contributed by atoms with Crippen LogP contribution in [0.3, 0.4) is 0 Å². The lowest BCUT2D eigenvalue weighted by atomic mass is 9.98. The van der Waals surface area contributed by atoms with Crippen LogP contribution in [-0.4, -0.2) is 44.0 Å². The fourth-order valence-corrected chi connectivity index (χ4v) is 3.55. The Hall–Kier alpha value is -2.31. The lowest BCUT2D eigenvalue weighted by molar-refractivity contribution is 0.150. The highest BCUT2D eigenvalue weighted by molar-refractivity contribution is 5.74. The number of piperidine rings is 1. The number of hydrogen-bond donors (Lipinski definition) is 2. The van der Waals surface area contributed by atoms with Gasteiger partial charge >= 0.3 is 6.03 Å². The number of aromatic amines is 1. The van der Waals surface area contributed by atoms with E-state index in [1.54, 1.807) is 0 Å². The first-order valence-corrected chi connectivity index (χ1v) is 9.09. The van der Waals surface area contributed by atoms with E-state index in [-0.39, 0.29) is 12.1 Å². The number of aromatic nitrogens is 4. The third-order valence-corrected chi connectivity index (χ3v) is 4.86. The average molecular weight is 344 g/mol. The number of amides is 2. The molecule has 0 bridgehead atoms. The molecular formula is C18H28N6O. The third kappa shape index (κ3) is 4.21. The van der Waals surface area contributed by atoms with Crippen molar-refractivity contribution < 1.29 is 4.79 Å². The lowest BCUT2D eigenvalue weighted by Crippen LogP contribution is -2.45. The van der Waals surface area contributed by atoms with Crippen molar-refractivity contribution in [2.75, 3.05) is 13.1 Å². The molecule has 7 heteroatoms. The highest BCUT2D eigenvalue weighted by Crippen LogP contribution is 2.30. The fraction of sp³-hybridized carbons (Fsp3) is 0.611. The molecule has 3 rings (SSSR count). The molecule has 2 aromatic heterocycles. The summed E-state index contributed by atoms with van der Waals surface area (Å²) >= 11 is 0. The molecular weight excluding hydrogens is 316 g/mol. The van der Waals surface area contributed by atoms with E-state index in [0.717, 1.165) is 49.3 Å². The van der Waals surface area contributed by atoms with Crippen molar-refractivity contribution in [1.82, 2.24) is 30.2 Å². The van der Waals surface area contributed by atoms with Crippen molar-refractivity contribution in [3.8, 4) is 0 Å². The SMILES string of the molecule is Cc1cc(C)n(C[C@@H](C)CNC(=O)N2CCCC[C@@H]2c2cn[nH]c2)n1. The summed E-state index contributed by atoms with van der Waals surface area (Å²) in [4.78, 5) is 14.6. The van der Waals surface area contributed by atoms with Gasteiger partial charge < -0.3 is 10.2 Å². The van der Waals surface area contributed by atoms with Gasteiger partial charge in [0.1, 0.15) is 0 Å². The number of rotatable bonds is 5. The number of likely N-dealkylation sites (tertiary alicyclic amines) is 1. The van der Waals surface area contributed by atoms with E-state index in [1.165, 1.54) is 0 Å². The first-order valence-electron chi connectivity index (χ1n) is 9.09. The van der Waals surface area contributed by atoms with Gasteiger partial charge in [0.2, 0.25) is 0 Å². The van der Waals surface area contributed by atoms with Gasteiger partial charge in [0, 0.05) is 37.1 Å². The first-order chi connectivity index (χ1) is 12.0. The summed E-state index contributed by atoms with van der Waals surface area (Å²) < 4.78 is 2.02. The van der Waals surface area contributed by atoms with E-state index >= 15 is 0 Å². The van der Waals surface area contributed by atoms with Gasteiger partial charge in [0.05, 0.1) is 17.9 Å². The van der Waals surface area contributed by atoms with Crippen LogP contribution in [0.5, 0.6) is 0 Å². The van der Waals surface area contributed by atoms with E-state index in [0.29, 0.717) is 12.5 Å². The molecule has 0 aliphatic carbocycles. The van der Waals surface area contributed by atoms with E-state index in [1.807, 2.05) is 28.9 Å². The molecule has 1 aliphatic heterocycles. The van der Waals surface area contributed by atoms with Crippen molar-refractivity contribution >= 4 is 6.03 Å². The minimum absolute atomic E-state index is 0.0196. The average Bonchev–Trinajstić information content (AvgIpc) is 3.23. The van der Waals surface area contributed by atoms with Crippen LogP contribution in [0.15, 0.2) is 18.5 Å². The smallest absolute Gasteiger partial charge is 0.317 e. The molecule has 2 amide bonds. The molecule has 0 unspecified atom stereocenters. The van der Waals surface area contributed by atoms with E-state index in [2.05, 4.69) is 40.5 Å². The minimum Gasteiger partial charge on any atom is -0.338 e. The van der Waals surface area contributed by atoms with Gasteiger partial charge in [-0.05, 0) is 45.1 Å². The second kappa shape index (κ2) is 7.72. The van der Waals surface area contributed by atoms with Crippen molar-refractivity contribution in [2.45, 2.75) is 52.6 Å². The Morgan fingerprint density at radius 2 is 2.28 bits per heavy atom. The highest BCUT2D eigenvalue weighted by atomic mass is 16.2. The first kappa shape index (κ1) is 17.5. The van der Waals surface area contributed by atoms with Gasteiger partial charge in [-0.3, -0.25) is 9.78 Å². The molecule has 0 spiro atoms. The van der Waals surface area contributed by atoms with Crippen LogP contribution in [0.2, 0.25) is 0 Å². The van der Waals surface area contributed by atoms with E-state index in [9.17, 15) is 4.79 Å². The monoisotopic (exact) mass is 344 g/mol. The maximum atomic E-state index is 12.7. The van der Waals surface area contributed by atoms with Crippen LogP contribution in [-0.2, 0) is 6.54 Å². The molecule has 1 fully saturated rings. The van der Waals surface area contributed by atoms with E-state index in [4.69, 9.17) is 0 Å². The molecule has 0 aromatic carbocycles. The second-order valence-electron chi connectivity index (χ2n) is 7.14. The Balaban J connectivity index is 1.54. The summed E-state index contributed by atoms with van der Waals surface area (Å²) in [7, 11) is 0. The summed E-state index contributed by atoms with van der Waals surface area (Å²) in [6.07, 6.45) is 6.91. The van der Waals surface area contributed by atoms with Crippen molar-refractivity contribution in [3.05, 3.63) is 35.4 Å². The second-order valence-corrected chi connectivity index (χ2v) is 7.14. The Morgan fingerprint density at radius 3 is 2.96 bits per heavy atom. The highest BCUT2D eigenvalue weighted by Gasteiger charge is 2.28. The molecule has 3 heterocycles. The zero-order valence-electron chi connectivity index (χ0n) is 15.3. The molecule has 0 saturated carbocycles. The lowest BCUT2D eigenvalue weighted by Gasteiger charge is -2.35. The number of H-pyrrole nitrogens is 1. The number of nitrogens with zero attached hydrogens (tertiary/aromatic N) is 4. The Morgan fingerprint density at radius 1 is 1.44 bits per heavy atom. The molecule has 136 valence electrons. The summed E-state index contributed by atoms with van der Waals surface area (Å²) in [5.41, 5.74) is 3.28. The molecule has 1 aliphatic rings. The van der Waals surface area contributed by atoms with Gasteiger partial charge in [0.25, 0.3) is 0 Å². The Bertz CT molecular complexity index is 692. The van der Waals surface area contributed by atoms with Crippen LogP contribution in [0.1, 0.15) is 49.2 Å².